The molecule has 2 aromatic heterocycles. The number of carbonyl (C=O) groups is 1. The Morgan fingerprint density at radius 3 is 2.31 bits per heavy atom. The van der Waals surface area contributed by atoms with Gasteiger partial charge in [-0.2, -0.15) is 0 Å². The van der Waals surface area contributed by atoms with E-state index in [1.165, 1.54) is 5.56 Å². The zero-order valence-corrected chi connectivity index (χ0v) is 16.7. The molecule has 7 heteroatoms. The Labute approximate surface area is 171 Å². The van der Waals surface area contributed by atoms with Gasteiger partial charge in [-0.25, -0.2) is 4.98 Å². The van der Waals surface area contributed by atoms with Crippen LogP contribution < -0.4 is 5.73 Å². The Kier molecular flexibility index (Phi) is 6.36. The van der Waals surface area contributed by atoms with Crippen LogP contribution in [0.5, 0.6) is 0 Å². The van der Waals surface area contributed by atoms with Crippen LogP contribution in [-0.2, 0) is 11.3 Å². The van der Waals surface area contributed by atoms with E-state index in [0.717, 1.165) is 58.4 Å². The molecule has 0 radical (unpaired) electrons. The molecule has 2 aromatic rings. The Bertz CT molecular complexity index is 800. The van der Waals surface area contributed by atoms with Gasteiger partial charge in [0.15, 0.2) is 0 Å². The number of rotatable bonds is 5. The minimum atomic E-state index is 0.0934. The Morgan fingerprint density at radius 1 is 1.00 bits per heavy atom. The van der Waals surface area contributed by atoms with Crippen molar-refractivity contribution in [1.29, 1.82) is 0 Å². The number of amides is 1. The maximum Gasteiger partial charge on any atom is 0.253 e. The summed E-state index contributed by atoms with van der Waals surface area (Å²) in [7, 11) is 0. The highest BCUT2D eigenvalue weighted by Crippen LogP contribution is 2.23. The Morgan fingerprint density at radius 2 is 1.66 bits per heavy atom. The first-order chi connectivity index (χ1) is 14.2. The van der Waals surface area contributed by atoms with Crippen molar-refractivity contribution >= 4 is 11.7 Å². The van der Waals surface area contributed by atoms with E-state index < -0.39 is 0 Å². The van der Waals surface area contributed by atoms with Crippen molar-refractivity contribution in [1.82, 2.24) is 19.8 Å². The number of pyridine rings is 2. The monoisotopic (exact) mass is 395 g/mol. The van der Waals surface area contributed by atoms with Crippen LogP contribution in [0.25, 0.3) is 0 Å². The van der Waals surface area contributed by atoms with Crippen molar-refractivity contribution in [3.05, 3.63) is 54.0 Å². The number of nitrogen functional groups attached to an aromatic ring is 1. The van der Waals surface area contributed by atoms with E-state index in [4.69, 9.17) is 10.5 Å². The summed E-state index contributed by atoms with van der Waals surface area (Å²) in [6.45, 7) is 4.50. The predicted molar refractivity (Wildman–Crippen MR) is 111 cm³/mol. The Balaban J connectivity index is 1.18. The maximum atomic E-state index is 12.5. The molecular weight excluding hydrogens is 366 g/mol. The van der Waals surface area contributed by atoms with Gasteiger partial charge >= 0.3 is 0 Å². The SMILES string of the molecule is Nc1cc(CN2CCC(OC3CCN(C(=O)c4ccncc4)CC3)CC2)ccn1. The van der Waals surface area contributed by atoms with E-state index in [-0.39, 0.29) is 12.0 Å². The summed E-state index contributed by atoms with van der Waals surface area (Å²) in [6, 6.07) is 7.53. The molecule has 4 heterocycles. The van der Waals surface area contributed by atoms with E-state index in [2.05, 4.69) is 14.9 Å². The van der Waals surface area contributed by atoms with Gasteiger partial charge in [0.2, 0.25) is 0 Å². The van der Waals surface area contributed by atoms with Gasteiger partial charge in [-0.15, -0.1) is 0 Å². The van der Waals surface area contributed by atoms with Gasteiger partial charge < -0.3 is 15.4 Å². The van der Waals surface area contributed by atoms with Crippen molar-refractivity contribution in [3.8, 4) is 0 Å². The molecule has 0 bridgehead atoms. The summed E-state index contributed by atoms with van der Waals surface area (Å²) in [4.78, 5) is 25.0. The van der Waals surface area contributed by atoms with Gasteiger partial charge in [-0.05, 0) is 55.5 Å². The van der Waals surface area contributed by atoms with Crippen molar-refractivity contribution in [2.24, 2.45) is 0 Å². The second-order valence-corrected chi connectivity index (χ2v) is 7.93. The summed E-state index contributed by atoms with van der Waals surface area (Å²) in [6.07, 6.45) is 9.60. The van der Waals surface area contributed by atoms with Gasteiger partial charge in [-0.3, -0.25) is 14.7 Å². The van der Waals surface area contributed by atoms with Crippen LogP contribution in [-0.4, -0.2) is 64.1 Å². The van der Waals surface area contributed by atoms with E-state index in [1.54, 1.807) is 30.7 Å². The number of likely N-dealkylation sites (tertiary alicyclic amines) is 2. The van der Waals surface area contributed by atoms with Crippen molar-refractivity contribution < 1.29 is 9.53 Å². The molecule has 2 saturated heterocycles. The molecule has 2 fully saturated rings. The summed E-state index contributed by atoms with van der Waals surface area (Å²) < 4.78 is 6.38. The van der Waals surface area contributed by atoms with E-state index >= 15 is 0 Å². The zero-order chi connectivity index (χ0) is 20.1. The molecule has 0 unspecified atom stereocenters. The number of aromatic nitrogens is 2. The van der Waals surface area contributed by atoms with Crippen molar-refractivity contribution in [2.45, 2.75) is 44.4 Å². The molecule has 0 spiro atoms. The van der Waals surface area contributed by atoms with E-state index in [1.807, 2.05) is 17.0 Å². The first-order valence-electron chi connectivity index (χ1n) is 10.4. The van der Waals surface area contributed by atoms with Gasteiger partial charge in [-0.1, -0.05) is 0 Å². The average Bonchev–Trinajstić information content (AvgIpc) is 2.76. The lowest BCUT2D eigenvalue weighted by molar-refractivity contribution is -0.0629. The van der Waals surface area contributed by atoms with Gasteiger partial charge in [0.25, 0.3) is 5.91 Å². The number of ether oxygens (including phenoxy) is 1. The molecule has 0 aliphatic carbocycles. The first-order valence-corrected chi connectivity index (χ1v) is 10.4. The number of carbonyl (C=O) groups excluding carboxylic acids is 1. The summed E-state index contributed by atoms with van der Waals surface area (Å²) >= 11 is 0. The number of nitrogens with two attached hydrogens (primary N) is 1. The topological polar surface area (TPSA) is 84.6 Å². The molecule has 2 aliphatic heterocycles. The molecule has 0 aromatic carbocycles. The predicted octanol–water partition coefficient (Wildman–Crippen LogP) is 2.34. The van der Waals surface area contributed by atoms with E-state index in [0.29, 0.717) is 17.5 Å². The van der Waals surface area contributed by atoms with Crippen LogP contribution in [0, 0.1) is 0 Å². The highest BCUT2D eigenvalue weighted by atomic mass is 16.5. The fourth-order valence-electron chi connectivity index (χ4n) is 4.20. The van der Waals surface area contributed by atoms with Crippen molar-refractivity contribution in [2.75, 3.05) is 31.9 Å². The highest BCUT2D eigenvalue weighted by molar-refractivity contribution is 5.94. The Hall–Kier alpha value is -2.51. The molecule has 154 valence electrons. The first kappa shape index (κ1) is 19.8. The fourth-order valence-corrected chi connectivity index (χ4v) is 4.20. The normalized spacial score (nSPS) is 19.4. The largest absolute Gasteiger partial charge is 0.384 e. The van der Waals surface area contributed by atoms with Crippen LogP contribution in [0.4, 0.5) is 5.82 Å². The molecular formula is C22H29N5O2. The highest BCUT2D eigenvalue weighted by Gasteiger charge is 2.27. The average molecular weight is 396 g/mol. The standard InChI is InChI=1S/C22H29N5O2/c23-21-15-17(1-10-25-21)16-26-11-4-19(5-12-26)29-20-6-13-27(14-7-20)22(28)18-2-8-24-9-3-18/h1-3,8-10,15,19-20H,4-7,11-14,16H2,(H2,23,25). The lowest BCUT2D eigenvalue weighted by atomic mass is 10.0. The van der Waals surface area contributed by atoms with Crippen molar-refractivity contribution in [3.63, 3.8) is 0 Å². The lowest BCUT2D eigenvalue weighted by Gasteiger charge is -2.37. The van der Waals surface area contributed by atoms with Gasteiger partial charge in [0, 0.05) is 56.9 Å². The second-order valence-electron chi connectivity index (χ2n) is 7.93. The van der Waals surface area contributed by atoms with Crippen LogP contribution in [0.2, 0.25) is 0 Å². The van der Waals surface area contributed by atoms with Crippen LogP contribution >= 0.6 is 0 Å². The third-order valence-electron chi connectivity index (χ3n) is 5.83. The molecule has 2 aliphatic rings. The molecule has 0 atom stereocenters. The summed E-state index contributed by atoms with van der Waals surface area (Å²) in [5.74, 6) is 0.672. The minimum absolute atomic E-state index is 0.0934. The fraction of sp³-hybridized carbons (Fsp3) is 0.500. The van der Waals surface area contributed by atoms with E-state index in [9.17, 15) is 4.79 Å². The number of anilines is 1. The number of hydrogen-bond acceptors (Lipinski definition) is 6. The van der Waals surface area contributed by atoms with Gasteiger partial charge in [0.1, 0.15) is 5.82 Å². The van der Waals surface area contributed by atoms with Gasteiger partial charge in [0.05, 0.1) is 12.2 Å². The third-order valence-corrected chi connectivity index (χ3v) is 5.83. The zero-order valence-electron chi connectivity index (χ0n) is 16.7. The molecule has 7 nitrogen and oxygen atoms in total. The number of hydrogen-bond donors (Lipinski definition) is 1. The third kappa shape index (κ3) is 5.31. The molecule has 0 saturated carbocycles. The molecule has 2 N–H and O–H groups in total. The number of nitrogens with zero attached hydrogens (tertiary/aromatic N) is 4. The lowest BCUT2D eigenvalue weighted by Crippen LogP contribution is -2.43. The summed E-state index contributed by atoms with van der Waals surface area (Å²) in [5.41, 5.74) is 7.70. The smallest absolute Gasteiger partial charge is 0.253 e. The summed E-state index contributed by atoms with van der Waals surface area (Å²) in [5, 5.41) is 0. The number of piperidine rings is 2. The maximum absolute atomic E-state index is 12.5. The van der Waals surface area contributed by atoms with Crippen LogP contribution in [0.15, 0.2) is 42.9 Å². The quantitative estimate of drug-likeness (QED) is 0.837. The van der Waals surface area contributed by atoms with Crippen LogP contribution in [0.3, 0.4) is 0 Å². The minimum Gasteiger partial charge on any atom is -0.384 e. The van der Waals surface area contributed by atoms with Crippen LogP contribution in [0.1, 0.15) is 41.6 Å². The second kappa shape index (κ2) is 9.33. The molecule has 29 heavy (non-hydrogen) atoms. The molecule has 4 rings (SSSR count). The molecule has 1 amide bonds.